The van der Waals surface area contributed by atoms with Crippen molar-refractivity contribution in [2.75, 3.05) is 34.8 Å². The van der Waals surface area contributed by atoms with Crippen molar-refractivity contribution in [1.82, 2.24) is 10.2 Å². The lowest BCUT2D eigenvalue weighted by Gasteiger charge is -2.36. The molecule has 0 radical (unpaired) electrons. The zero-order valence-electron chi connectivity index (χ0n) is 14.1. The molecule has 134 valence electrons. The van der Waals surface area contributed by atoms with E-state index in [2.05, 4.69) is 20.4 Å². The Bertz CT molecular complexity index is 834. The number of nitrogens with zero attached hydrogens (tertiary/aromatic N) is 4. The SMILES string of the molecule is O=C1CN(C(=O)C2CCN(c3ccc(Cl)nn3)CC2)c2ccccc2N1. The summed E-state index contributed by atoms with van der Waals surface area (Å²) in [7, 11) is 0. The summed E-state index contributed by atoms with van der Waals surface area (Å²) in [5.74, 6) is 0.508. The van der Waals surface area contributed by atoms with Gasteiger partial charge in [0.2, 0.25) is 11.8 Å². The highest BCUT2D eigenvalue weighted by molar-refractivity contribution is 6.29. The summed E-state index contributed by atoms with van der Waals surface area (Å²) in [5.41, 5.74) is 1.45. The van der Waals surface area contributed by atoms with E-state index in [1.165, 1.54) is 0 Å². The van der Waals surface area contributed by atoms with E-state index in [4.69, 9.17) is 11.6 Å². The molecule has 2 aliphatic heterocycles. The number of fused-ring (bicyclic) bond motifs is 1. The normalized spacial score (nSPS) is 17.7. The Morgan fingerprint density at radius 2 is 1.88 bits per heavy atom. The molecule has 1 aromatic carbocycles. The van der Waals surface area contributed by atoms with Crippen LogP contribution in [0.1, 0.15) is 12.8 Å². The molecular formula is C18H18ClN5O2. The van der Waals surface area contributed by atoms with Gasteiger partial charge in [-0.25, -0.2) is 0 Å². The number of nitrogens with one attached hydrogen (secondary N) is 1. The molecule has 1 saturated heterocycles. The number of halogens is 1. The summed E-state index contributed by atoms with van der Waals surface area (Å²) in [6.45, 7) is 1.50. The average Bonchev–Trinajstić information content (AvgIpc) is 2.67. The molecule has 26 heavy (non-hydrogen) atoms. The molecule has 0 saturated carbocycles. The van der Waals surface area contributed by atoms with Gasteiger partial charge in [0.25, 0.3) is 0 Å². The highest BCUT2D eigenvalue weighted by Gasteiger charge is 2.33. The van der Waals surface area contributed by atoms with Gasteiger partial charge in [-0.3, -0.25) is 9.59 Å². The lowest BCUT2D eigenvalue weighted by atomic mass is 9.94. The van der Waals surface area contributed by atoms with Gasteiger partial charge in [0.15, 0.2) is 11.0 Å². The van der Waals surface area contributed by atoms with E-state index in [1.54, 1.807) is 11.0 Å². The van der Waals surface area contributed by atoms with Gasteiger partial charge in [-0.1, -0.05) is 23.7 Å². The second-order valence-corrected chi connectivity index (χ2v) is 6.85. The molecule has 1 N–H and O–H groups in total. The fourth-order valence-electron chi connectivity index (χ4n) is 3.48. The van der Waals surface area contributed by atoms with Crippen LogP contribution in [0.2, 0.25) is 5.15 Å². The first kappa shape index (κ1) is 16.8. The molecule has 0 atom stereocenters. The number of carbonyl (C=O) groups excluding carboxylic acids is 2. The van der Waals surface area contributed by atoms with Gasteiger partial charge in [0, 0.05) is 19.0 Å². The highest BCUT2D eigenvalue weighted by Crippen LogP contribution is 2.32. The lowest BCUT2D eigenvalue weighted by Crippen LogP contribution is -2.47. The molecule has 2 aromatic rings. The van der Waals surface area contributed by atoms with Crippen LogP contribution in [0.3, 0.4) is 0 Å². The first-order chi connectivity index (χ1) is 12.6. The molecule has 0 spiro atoms. The average molecular weight is 372 g/mol. The van der Waals surface area contributed by atoms with Crippen LogP contribution in [0.5, 0.6) is 0 Å². The van der Waals surface area contributed by atoms with Crippen LogP contribution in [0, 0.1) is 5.92 Å². The second-order valence-electron chi connectivity index (χ2n) is 6.47. The maximum atomic E-state index is 13.0. The van der Waals surface area contributed by atoms with Crippen molar-refractivity contribution >= 4 is 40.6 Å². The number of benzene rings is 1. The molecule has 2 amide bonds. The number of amides is 2. The predicted octanol–water partition coefficient (Wildman–Crippen LogP) is 2.33. The van der Waals surface area contributed by atoms with Crippen molar-refractivity contribution in [1.29, 1.82) is 0 Å². The number of hydrogen-bond donors (Lipinski definition) is 1. The minimum absolute atomic E-state index is 0.00846. The molecule has 3 heterocycles. The van der Waals surface area contributed by atoms with E-state index in [-0.39, 0.29) is 24.3 Å². The Kier molecular flexibility index (Phi) is 4.46. The second kappa shape index (κ2) is 6.92. The first-order valence-corrected chi connectivity index (χ1v) is 8.94. The minimum atomic E-state index is -0.161. The van der Waals surface area contributed by atoms with Gasteiger partial charge in [0.05, 0.1) is 11.4 Å². The lowest BCUT2D eigenvalue weighted by molar-refractivity contribution is -0.125. The molecule has 1 aromatic heterocycles. The maximum Gasteiger partial charge on any atom is 0.244 e. The van der Waals surface area contributed by atoms with Crippen molar-refractivity contribution in [3.63, 3.8) is 0 Å². The molecule has 8 heteroatoms. The molecule has 1 fully saturated rings. The Morgan fingerprint density at radius 3 is 2.62 bits per heavy atom. The van der Waals surface area contributed by atoms with E-state index in [0.717, 1.165) is 11.5 Å². The van der Waals surface area contributed by atoms with Crippen molar-refractivity contribution in [3.8, 4) is 0 Å². The van der Waals surface area contributed by atoms with Crippen molar-refractivity contribution in [2.45, 2.75) is 12.8 Å². The van der Waals surface area contributed by atoms with Crippen LogP contribution in [-0.4, -0.2) is 41.6 Å². The molecule has 2 aliphatic rings. The molecule has 0 bridgehead atoms. The van der Waals surface area contributed by atoms with Crippen LogP contribution in [0.15, 0.2) is 36.4 Å². The van der Waals surface area contributed by atoms with E-state index >= 15 is 0 Å². The van der Waals surface area contributed by atoms with E-state index in [0.29, 0.717) is 36.8 Å². The zero-order chi connectivity index (χ0) is 18.1. The molecule has 0 unspecified atom stereocenters. The first-order valence-electron chi connectivity index (χ1n) is 8.56. The number of rotatable bonds is 2. The van der Waals surface area contributed by atoms with Gasteiger partial charge < -0.3 is 15.1 Å². The van der Waals surface area contributed by atoms with Crippen LogP contribution in [0.25, 0.3) is 0 Å². The zero-order valence-corrected chi connectivity index (χ0v) is 14.8. The predicted molar refractivity (Wildman–Crippen MR) is 99.4 cm³/mol. The third-order valence-corrected chi connectivity index (χ3v) is 5.02. The summed E-state index contributed by atoms with van der Waals surface area (Å²) >= 11 is 5.78. The fraction of sp³-hybridized carbons (Fsp3) is 0.333. The number of hydrogen-bond acceptors (Lipinski definition) is 5. The van der Waals surface area contributed by atoms with Gasteiger partial charge >= 0.3 is 0 Å². The minimum Gasteiger partial charge on any atom is -0.355 e. The number of piperidine rings is 1. The van der Waals surface area contributed by atoms with E-state index in [9.17, 15) is 9.59 Å². The molecule has 4 rings (SSSR count). The fourth-order valence-corrected chi connectivity index (χ4v) is 3.58. The smallest absolute Gasteiger partial charge is 0.244 e. The third kappa shape index (κ3) is 3.22. The number of aromatic nitrogens is 2. The molecule has 7 nitrogen and oxygen atoms in total. The van der Waals surface area contributed by atoms with Crippen LogP contribution in [0.4, 0.5) is 17.2 Å². The monoisotopic (exact) mass is 371 g/mol. The Hall–Kier alpha value is -2.67. The van der Waals surface area contributed by atoms with E-state index in [1.807, 2.05) is 30.3 Å². The Morgan fingerprint density at radius 1 is 1.12 bits per heavy atom. The van der Waals surface area contributed by atoms with Crippen LogP contribution >= 0.6 is 11.6 Å². The Balaban J connectivity index is 1.45. The quantitative estimate of drug-likeness (QED) is 0.876. The third-order valence-electron chi connectivity index (χ3n) is 4.82. The van der Waals surface area contributed by atoms with Crippen molar-refractivity contribution in [3.05, 3.63) is 41.6 Å². The standard InChI is InChI=1S/C18H18ClN5O2/c19-15-5-6-16(22-21-15)23-9-7-12(8-10-23)18(26)24-11-17(25)20-13-3-1-2-4-14(13)24/h1-6,12H,7-11H2,(H,20,25). The Labute approximate surface area is 155 Å². The molecule has 0 aliphatic carbocycles. The van der Waals surface area contributed by atoms with Gasteiger partial charge in [-0.2, -0.15) is 0 Å². The van der Waals surface area contributed by atoms with Crippen LogP contribution in [-0.2, 0) is 9.59 Å². The topological polar surface area (TPSA) is 78.4 Å². The van der Waals surface area contributed by atoms with Crippen molar-refractivity contribution < 1.29 is 9.59 Å². The maximum absolute atomic E-state index is 13.0. The summed E-state index contributed by atoms with van der Waals surface area (Å²) in [4.78, 5) is 28.7. The molecular weight excluding hydrogens is 354 g/mol. The highest BCUT2D eigenvalue weighted by atomic mass is 35.5. The van der Waals surface area contributed by atoms with Gasteiger partial charge in [0.1, 0.15) is 6.54 Å². The van der Waals surface area contributed by atoms with Crippen LogP contribution < -0.4 is 15.1 Å². The van der Waals surface area contributed by atoms with Gasteiger partial charge in [-0.15, -0.1) is 10.2 Å². The van der Waals surface area contributed by atoms with Gasteiger partial charge in [-0.05, 0) is 37.1 Å². The number of carbonyl (C=O) groups is 2. The largest absolute Gasteiger partial charge is 0.355 e. The summed E-state index contributed by atoms with van der Waals surface area (Å²) in [6, 6.07) is 10.9. The number of para-hydroxylation sites is 2. The summed E-state index contributed by atoms with van der Waals surface area (Å²) in [5, 5.41) is 11.1. The summed E-state index contributed by atoms with van der Waals surface area (Å²) in [6.07, 6.45) is 1.42. The van der Waals surface area contributed by atoms with Crippen molar-refractivity contribution in [2.24, 2.45) is 5.92 Å². The van der Waals surface area contributed by atoms with E-state index < -0.39 is 0 Å². The number of anilines is 3. The summed E-state index contributed by atoms with van der Waals surface area (Å²) < 4.78 is 0.